The van der Waals surface area contributed by atoms with E-state index in [2.05, 4.69) is 5.32 Å². The summed E-state index contributed by atoms with van der Waals surface area (Å²) in [6.07, 6.45) is 0.614. The molecule has 1 aliphatic rings. The Hall–Kier alpha value is -2.34. The van der Waals surface area contributed by atoms with E-state index in [1.54, 1.807) is 24.3 Å². The minimum absolute atomic E-state index is 0.0598. The van der Waals surface area contributed by atoms with Gasteiger partial charge in [0.2, 0.25) is 5.91 Å². The average molecular weight is 359 g/mol. The number of hydrogen-bond acceptors (Lipinski definition) is 4. The Balaban J connectivity index is 1.61. The van der Waals surface area contributed by atoms with Gasteiger partial charge in [0.25, 0.3) is 0 Å². The number of hydrogen-bond donors (Lipinski definition) is 1. The molecule has 3 rings (SSSR count). The number of sulfone groups is 1. The first-order valence-corrected chi connectivity index (χ1v) is 9.91. The van der Waals surface area contributed by atoms with Crippen molar-refractivity contribution >= 4 is 15.7 Å². The van der Waals surface area contributed by atoms with E-state index in [0.717, 1.165) is 16.9 Å². The lowest BCUT2D eigenvalue weighted by Crippen LogP contribution is -2.33. The van der Waals surface area contributed by atoms with Crippen LogP contribution in [0.4, 0.5) is 0 Å². The molecule has 0 bridgehead atoms. The number of carbonyl (C=O) groups excluding carboxylic acids is 1. The Kier molecular flexibility index (Phi) is 5.08. The number of para-hydroxylation sites is 1. The number of fused-ring (bicyclic) bond motifs is 1. The van der Waals surface area contributed by atoms with E-state index in [0.29, 0.717) is 13.0 Å². The number of ether oxygens (including phenoxy) is 1. The fraction of sp³-hybridized carbons (Fsp3) is 0.316. The second-order valence-corrected chi connectivity index (χ2v) is 8.29. The maximum Gasteiger partial charge on any atom is 0.221 e. The summed E-state index contributed by atoms with van der Waals surface area (Å²) in [5.41, 5.74) is 1.93. The lowest BCUT2D eigenvalue weighted by atomic mass is 10.0. The lowest BCUT2D eigenvalue weighted by molar-refractivity contribution is -0.121. The third kappa shape index (κ3) is 4.20. The van der Waals surface area contributed by atoms with Gasteiger partial charge in [-0.15, -0.1) is 0 Å². The van der Waals surface area contributed by atoms with E-state index in [-0.39, 0.29) is 29.0 Å². The van der Waals surface area contributed by atoms with Crippen LogP contribution in [-0.2, 0) is 14.6 Å². The summed E-state index contributed by atoms with van der Waals surface area (Å²) >= 11 is 0. The molecule has 2 aromatic rings. The molecular formula is C19H21NO4S. The van der Waals surface area contributed by atoms with Gasteiger partial charge in [0.15, 0.2) is 9.84 Å². The zero-order chi connectivity index (χ0) is 17.9. The topological polar surface area (TPSA) is 72.5 Å². The number of carbonyl (C=O) groups is 1. The summed E-state index contributed by atoms with van der Waals surface area (Å²) in [4.78, 5) is 12.5. The van der Waals surface area contributed by atoms with E-state index >= 15 is 0 Å². The van der Waals surface area contributed by atoms with E-state index in [4.69, 9.17) is 4.74 Å². The molecule has 25 heavy (non-hydrogen) atoms. The highest BCUT2D eigenvalue weighted by molar-refractivity contribution is 7.91. The van der Waals surface area contributed by atoms with Crippen LogP contribution >= 0.6 is 0 Å². The minimum Gasteiger partial charge on any atom is -0.493 e. The van der Waals surface area contributed by atoms with Gasteiger partial charge in [0, 0.05) is 18.4 Å². The molecule has 0 aromatic heterocycles. The smallest absolute Gasteiger partial charge is 0.221 e. The van der Waals surface area contributed by atoms with Gasteiger partial charge in [-0.05, 0) is 25.1 Å². The third-order valence-corrected chi connectivity index (χ3v) is 6.00. The van der Waals surface area contributed by atoms with Gasteiger partial charge in [-0.25, -0.2) is 8.42 Å². The summed E-state index contributed by atoms with van der Waals surface area (Å²) in [5, 5.41) is 2.92. The number of benzene rings is 2. The van der Waals surface area contributed by atoms with Crippen LogP contribution in [0, 0.1) is 6.92 Å². The second kappa shape index (κ2) is 7.27. The molecule has 1 amide bonds. The van der Waals surface area contributed by atoms with Gasteiger partial charge in [-0.2, -0.15) is 0 Å². The number of aryl methyl sites for hydroxylation is 1. The van der Waals surface area contributed by atoms with Gasteiger partial charge in [0.05, 0.1) is 23.3 Å². The Morgan fingerprint density at radius 1 is 1.16 bits per heavy atom. The molecule has 0 saturated carbocycles. The molecule has 1 heterocycles. The summed E-state index contributed by atoms with van der Waals surface area (Å²) < 4.78 is 30.2. The van der Waals surface area contributed by atoms with Crippen LogP contribution in [0.3, 0.4) is 0 Å². The zero-order valence-corrected chi connectivity index (χ0v) is 14.9. The summed E-state index contributed by atoms with van der Waals surface area (Å²) in [6, 6.07) is 14.1. The lowest BCUT2D eigenvalue weighted by Gasteiger charge is -2.26. The van der Waals surface area contributed by atoms with E-state index < -0.39 is 9.84 Å². The van der Waals surface area contributed by atoms with Gasteiger partial charge < -0.3 is 10.1 Å². The molecule has 0 fully saturated rings. The molecule has 0 saturated heterocycles. The molecule has 2 aromatic carbocycles. The molecule has 0 radical (unpaired) electrons. The molecule has 0 unspecified atom stereocenters. The first-order valence-electron chi connectivity index (χ1n) is 8.26. The van der Waals surface area contributed by atoms with Gasteiger partial charge in [-0.3, -0.25) is 4.79 Å². The molecular weight excluding hydrogens is 338 g/mol. The van der Waals surface area contributed by atoms with E-state index in [1.165, 1.54) is 0 Å². The van der Waals surface area contributed by atoms with Crippen molar-refractivity contribution in [2.75, 3.05) is 12.4 Å². The average Bonchev–Trinajstić information content (AvgIpc) is 2.61. The second-order valence-electron chi connectivity index (χ2n) is 6.18. The molecule has 1 N–H and O–H groups in total. The van der Waals surface area contributed by atoms with Gasteiger partial charge in [-0.1, -0.05) is 35.9 Å². The van der Waals surface area contributed by atoms with Gasteiger partial charge in [0.1, 0.15) is 5.75 Å². The van der Waals surface area contributed by atoms with Crippen LogP contribution < -0.4 is 10.1 Å². The highest BCUT2D eigenvalue weighted by Gasteiger charge is 2.23. The van der Waals surface area contributed by atoms with E-state index in [9.17, 15) is 13.2 Å². The van der Waals surface area contributed by atoms with Gasteiger partial charge >= 0.3 is 0 Å². The predicted octanol–water partition coefficient (Wildman–Crippen LogP) is 2.80. The van der Waals surface area contributed by atoms with Crippen LogP contribution in [0.5, 0.6) is 5.75 Å². The van der Waals surface area contributed by atoms with Crippen molar-refractivity contribution in [2.45, 2.75) is 30.7 Å². The Morgan fingerprint density at radius 3 is 2.64 bits per heavy atom. The quantitative estimate of drug-likeness (QED) is 0.891. The first-order chi connectivity index (χ1) is 12.0. The molecule has 0 spiro atoms. The SMILES string of the molecule is Cc1ccc(S(=O)(=O)CCC(=O)N[C@H]2CCOc3ccccc32)cc1. The first kappa shape index (κ1) is 17.5. The summed E-state index contributed by atoms with van der Waals surface area (Å²) in [7, 11) is -3.46. The minimum atomic E-state index is -3.46. The van der Waals surface area contributed by atoms with Crippen LogP contribution in [-0.4, -0.2) is 26.7 Å². The molecule has 1 aliphatic heterocycles. The predicted molar refractivity (Wildman–Crippen MR) is 95.3 cm³/mol. The Bertz CT molecular complexity index is 859. The number of nitrogens with one attached hydrogen (secondary N) is 1. The van der Waals surface area contributed by atoms with Crippen molar-refractivity contribution in [2.24, 2.45) is 0 Å². The molecule has 1 atom stereocenters. The van der Waals surface area contributed by atoms with Crippen molar-refractivity contribution in [3.8, 4) is 5.75 Å². The monoisotopic (exact) mass is 359 g/mol. The van der Waals surface area contributed by atoms with Crippen molar-refractivity contribution in [1.29, 1.82) is 0 Å². The van der Waals surface area contributed by atoms with Crippen molar-refractivity contribution in [3.05, 3.63) is 59.7 Å². The van der Waals surface area contributed by atoms with Crippen LogP contribution in [0.25, 0.3) is 0 Å². The number of amides is 1. The molecule has 132 valence electrons. The highest BCUT2D eigenvalue weighted by Crippen LogP contribution is 2.31. The van der Waals surface area contributed by atoms with Crippen LogP contribution in [0.15, 0.2) is 53.4 Å². The fourth-order valence-electron chi connectivity index (χ4n) is 2.85. The van der Waals surface area contributed by atoms with Crippen LogP contribution in [0.2, 0.25) is 0 Å². The van der Waals surface area contributed by atoms with Crippen molar-refractivity contribution in [1.82, 2.24) is 5.32 Å². The molecule has 0 aliphatic carbocycles. The Morgan fingerprint density at radius 2 is 1.88 bits per heavy atom. The number of rotatable bonds is 5. The fourth-order valence-corrected chi connectivity index (χ4v) is 4.09. The summed E-state index contributed by atoms with van der Waals surface area (Å²) in [6.45, 7) is 2.43. The standard InChI is InChI=1S/C19H21NO4S/c1-14-6-8-15(9-7-14)25(22,23)13-11-19(21)20-17-10-12-24-18-5-3-2-4-16(17)18/h2-9,17H,10-13H2,1H3,(H,20,21)/t17-/m0/s1. The molecule has 6 heteroatoms. The maximum absolute atomic E-state index is 12.3. The van der Waals surface area contributed by atoms with Crippen molar-refractivity contribution < 1.29 is 17.9 Å². The van der Waals surface area contributed by atoms with Crippen molar-refractivity contribution in [3.63, 3.8) is 0 Å². The van der Waals surface area contributed by atoms with Crippen LogP contribution in [0.1, 0.15) is 30.0 Å². The zero-order valence-electron chi connectivity index (χ0n) is 14.1. The Labute approximate surface area is 147 Å². The third-order valence-electron chi connectivity index (χ3n) is 4.27. The van der Waals surface area contributed by atoms with E-state index in [1.807, 2.05) is 31.2 Å². The highest BCUT2D eigenvalue weighted by atomic mass is 32.2. The normalized spacial score (nSPS) is 16.6. The maximum atomic E-state index is 12.3. The largest absolute Gasteiger partial charge is 0.493 e. The summed E-state index contributed by atoms with van der Waals surface area (Å²) in [5.74, 6) is 0.302. The molecule has 5 nitrogen and oxygen atoms in total.